The van der Waals surface area contributed by atoms with E-state index in [-0.39, 0.29) is 5.91 Å². The van der Waals surface area contributed by atoms with Crippen molar-refractivity contribution in [2.24, 2.45) is 5.92 Å². The summed E-state index contributed by atoms with van der Waals surface area (Å²) in [6, 6.07) is 6.13. The number of ether oxygens (including phenoxy) is 1. The van der Waals surface area contributed by atoms with Gasteiger partial charge in [0.1, 0.15) is 5.75 Å². The number of piperidine rings is 1. The van der Waals surface area contributed by atoms with E-state index < -0.39 is 6.10 Å². The van der Waals surface area contributed by atoms with Crippen molar-refractivity contribution in [1.82, 2.24) is 5.32 Å². The summed E-state index contributed by atoms with van der Waals surface area (Å²) in [5.41, 5.74) is 2.09. The molecule has 0 radical (unpaired) electrons. The van der Waals surface area contributed by atoms with Gasteiger partial charge in [0.25, 0.3) is 5.91 Å². The summed E-state index contributed by atoms with van der Waals surface area (Å²) in [6.07, 6.45) is 3.18. The highest BCUT2D eigenvalue weighted by Crippen LogP contribution is 2.31. The first-order valence-corrected chi connectivity index (χ1v) is 7.03. The Morgan fingerprint density at radius 3 is 2.89 bits per heavy atom. The molecule has 1 fully saturated rings. The predicted molar refractivity (Wildman–Crippen MR) is 74.5 cm³/mol. The fourth-order valence-electron chi connectivity index (χ4n) is 2.79. The van der Waals surface area contributed by atoms with Crippen LogP contribution in [-0.2, 0) is 11.2 Å². The highest BCUT2D eigenvalue weighted by atomic mass is 16.5. The number of fused-ring (bicyclic) bond motifs is 1. The maximum Gasteiger partial charge on any atom is 0.265 e. The Balaban J connectivity index is 1.74. The standard InChI is InChI=1S/C15H20N2O2/c1-10-15(18)17-13-3-2-12(9-14(13)19-10)8-11-4-6-16-7-5-11/h2-3,9-11,16H,4-8H2,1H3,(H,17,18). The number of carbonyl (C=O) groups is 1. The van der Waals surface area contributed by atoms with Crippen molar-refractivity contribution in [3.05, 3.63) is 23.8 Å². The van der Waals surface area contributed by atoms with Crippen LogP contribution in [0.4, 0.5) is 5.69 Å². The summed E-state index contributed by atoms with van der Waals surface area (Å²) in [4.78, 5) is 11.5. The van der Waals surface area contributed by atoms with Crippen LogP contribution in [0.5, 0.6) is 5.75 Å². The van der Waals surface area contributed by atoms with E-state index in [9.17, 15) is 4.79 Å². The summed E-state index contributed by atoms with van der Waals surface area (Å²) >= 11 is 0. The molecular formula is C15H20N2O2. The summed E-state index contributed by atoms with van der Waals surface area (Å²) in [7, 11) is 0. The molecule has 2 aliphatic rings. The summed E-state index contributed by atoms with van der Waals surface area (Å²) in [5, 5.41) is 6.26. The van der Waals surface area contributed by atoms with Gasteiger partial charge >= 0.3 is 0 Å². The molecule has 0 bridgehead atoms. The van der Waals surface area contributed by atoms with Crippen LogP contribution in [0.2, 0.25) is 0 Å². The van der Waals surface area contributed by atoms with E-state index in [2.05, 4.69) is 22.8 Å². The van der Waals surface area contributed by atoms with Gasteiger partial charge in [0, 0.05) is 0 Å². The largest absolute Gasteiger partial charge is 0.479 e. The minimum Gasteiger partial charge on any atom is -0.479 e. The lowest BCUT2D eigenvalue weighted by molar-refractivity contribution is -0.122. The molecule has 1 aromatic rings. The van der Waals surface area contributed by atoms with Gasteiger partial charge in [-0.2, -0.15) is 0 Å². The van der Waals surface area contributed by atoms with Gasteiger partial charge in [-0.1, -0.05) is 6.07 Å². The molecule has 1 saturated heterocycles. The Morgan fingerprint density at radius 2 is 2.11 bits per heavy atom. The molecule has 1 unspecified atom stereocenters. The maximum atomic E-state index is 11.5. The zero-order valence-electron chi connectivity index (χ0n) is 11.2. The van der Waals surface area contributed by atoms with Crippen molar-refractivity contribution in [2.75, 3.05) is 18.4 Å². The van der Waals surface area contributed by atoms with E-state index in [1.54, 1.807) is 6.92 Å². The van der Waals surface area contributed by atoms with Gasteiger partial charge in [-0.05, 0) is 62.9 Å². The smallest absolute Gasteiger partial charge is 0.265 e. The van der Waals surface area contributed by atoms with Crippen LogP contribution in [0, 0.1) is 5.92 Å². The Hall–Kier alpha value is -1.55. The van der Waals surface area contributed by atoms with Crippen molar-refractivity contribution < 1.29 is 9.53 Å². The number of benzene rings is 1. The third kappa shape index (κ3) is 2.73. The first kappa shape index (κ1) is 12.5. The van der Waals surface area contributed by atoms with Gasteiger partial charge in [0.05, 0.1) is 5.69 Å². The molecule has 2 aliphatic heterocycles. The minimum atomic E-state index is -0.401. The van der Waals surface area contributed by atoms with Crippen LogP contribution < -0.4 is 15.4 Å². The number of hydrogen-bond donors (Lipinski definition) is 2. The van der Waals surface area contributed by atoms with Crippen LogP contribution >= 0.6 is 0 Å². The van der Waals surface area contributed by atoms with Crippen LogP contribution in [0.25, 0.3) is 0 Å². The van der Waals surface area contributed by atoms with Gasteiger partial charge < -0.3 is 15.4 Å². The molecule has 4 heteroatoms. The summed E-state index contributed by atoms with van der Waals surface area (Å²) < 4.78 is 5.65. The Morgan fingerprint density at radius 1 is 1.32 bits per heavy atom. The van der Waals surface area contributed by atoms with E-state index >= 15 is 0 Å². The zero-order chi connectivity index (χ0) is 13.2. The highest BCUT2D eigenvalue weighted by molar-refractivity contribution is 5.97. The first-order chi connectivity index (χ1) is 9.22. The number of amides is 1. The van der Waals surface area contributed by atoms with Gasteiger partial charge in [-0.15, -0.1) is 0 Å². The fourth-order valence-corrected chi connectivity index (χ4v) is 2.79. The Bertz CT molecular complexity index is 481. The number of nitrogens with one attached hydrogen (secondary N) is 2. The maximum absolute atomic E-state index is 11.5. The second-order valence-corrected chi connectivity index (χ2v) is 5.48. The SMILES string of the molecule is CC1Oc2cc(CC3CCNCC3)ccc2NC1=O. The average molecular weight is 260 g/mol. The molecule has 1 atom stereocenters. The Kier molecular flexibility index (Phi) is 3.42. The van der Waals surface area contributed by atoms with Crippen molar-refractivity contribution in [3.63, 3.8) is 0 Å². The second kappa shape index (κ2) is 5.21. The number of carbonyl (C=O) groups excluding carboxylic acids is 1. The topological polar surface area (TPSA) is 50.4 Å². The molecular weight excluding hydrogens is 240 g/mol. The number of hydrogen-bond acceptors (Lipinski definition) is 3. The van der Waals surface area contributed by atoms with Gasteiger partial charge in [0.2, 0.25) is 0 Å². The number of rotatable bonds is 2. The molecule has 0 aliphatic carbocycles. The van der Waals surface area contributed by atoms with E-state index in [0.717, 1.165) is 36.9 Å². The van der Waals surface area contributed by atoms with Gasteiger partial charge in [-0.3, -0.25) is 4.79 Å². The molecule has 19 heavy (non-hydrogen) atoms. The van der Waals surface area contributed by atoms with E-state index in [1.807, 2.05) is 6.07 Å². The molecule has 2 N–H and O–H groups in total. The fraction of sp³-hybridized carbons (Fsp3) is 0.533. The number of anilines is 1. The quantitative estimate of drug-likeness (QED) is 0.854. The third-order valence-corrected chi connectivity index (χ3v) is 3.96. The van der Waals surface area contributed by atoms with E-state index in [4.69, 9.17) is 4.74 Å². The molecule has 1 amide bonds. The molecule has 0 spiro atoms. The van der Waals surface area contributed by atoms with Gasteiger partial charge in [-0.25, -0.2) is 0 Å². The van der Waals surface area contributed by atoms with Crippen molar-refractivity contribution in [2.45, 2.75) is 32.3 Å². The third-order valence-electron chi connectivity index (χ3n) is 3.96. The van der Waals surface area contributed by atoms with Crippen LogP contribution in [-0.4, -0.2) is 25.1 Å². The lowest BCUT2D eigenvalue weighted by Gasteiger charge is -2.25. The van der Waals surface area contributed by atoms with E-state index in [1.165, 1.54) is 18.4 Å². The summed E-state index contributed by atoms with van der Waals surface area (Å²) in [5.74, 6) is 1.49. The van der Waals surface area contributed by atoms with E-state index in [0.29, 0.717) is 0 Å². The normalized spacial score (nSPS) is 23.4. The molecule has 4 nitrogen and oxygen atoms in total. The van der Waals surface area contributed by atoms with Crippen LogP contribution in [0.1, 0.15) is 25.3 Å². The molecule has 0 saturated carbocycles. The van der Waals surface area contributed by atoms with Crippen LogP contribution in [0.3, 0.4) is 0 Å². The highest BCUT2D eigenvalue weighted by Gasteiger charge is 2.24. The van der Waals surface area contributed by atoms with Crippen LogP contribution in [0.15, 0.2) is 18.2 Å². The Labute approximate surface area is 113 Å². The zero-order valence-corrected chi connectivity index (χ0v) is 11.2. The second-order valence-electron chi connectivity index (χ2n) is 5.48. The molecule has 1 aromatic carbocycles. The van der Waals surface area contributed by atoms with Crippen molar-refractivity contribution in [3.8, 4) is 5.75 Å². The van der Waals surface area contributed by atoms with Crippen molar-refractivity contribution >= 4 is 11.6 Å². The van der Waals surface area contributed by atoms with Crippen molar-refractivity contribution in [1.29, 1.82) is 0 Å². The molecule has 2 heterocycles. The summed E-state index contributed by atoms with van der Waals surface area (Å²) in [6.45, 7) is 4.02. The lowest BCUT2D eigenvalue weighted by Crippen LogP contribution is -2.34. The monoisotopic (exact) mass is 260 g/mol. The first-order valence-electron chi connectivity index (χ1n) is 7.03. The lowest BCUT2D eigenvalue weighted by atomic mass is 9.91. The minimum absolute atomic E-state index is 0.0707. The molecule has 3 rings (SSSR count). The average Bonchev–Trinajstić information content (AvgIpc) is 2.42. The van der Waals surface area contributed by atoms with Gasteiger partial charge in [0.15, 0.2) is 6.10 Å². The molecule has 102 valence electrons. The predicted octanol–water partition coefficient (Wildman–Crippen LogP) is 1.95. The molecule has 0 aromatic heterocycles.